The molecule has 0 spiro atoms. The Morgan fingerprint density at radius 3 is 2.75 bits per heavy atom. The zero-order valence-corrected chi connectivity index (χ0v) is 11.4. The van der Waals surface area contributed by atoms with Gasteiger partial charge in [-0.3, -0.25) is 4.79 Å². The highest BCUT2D eigenvalue weighted by molar-refractivity contribution is 6.08. The van der Waals surface area contributed by atoms with Gasteiger partial charge >= 0.3 is 0 Å². The van der Waals surface area contributed by atoms with Crippen LogP contribution in [0.5, 0.6) is 0 Å². The second kappa shape index (κ2) is 5.49. The van der Waals surface area contributed by atoms with Gasteiger partial charge in [0.15, 0.2) is 0 Å². The van der Waals surface area contributed by atoms with Gasteiger partial charge in [-0.05, 0) is 17.7 Å². The molecule has 1 saturated carbocycles. The van der Waals surface area contributed by atoms with Gasteiger partial charge in [0, 0.05) is 18.1 Å². The molecule has 0 radical (unpaired) electrons. The van der Waals surface area contributed by atoms with Crippen molar-refractivity contribution < 1.29 is 4.79 Å². The molecule has 0 bridgehead atoms. The zero-order chi connectivity index (χ0) is 13.9. The van der Waals surface area contributed by atoms with E-state index in [1.54, 1.807) is 6.20 Å². The highest BCUT2D eigenvalue weighted by Crippen LogP contribution is 2.28. The zero-order valence-electron chi connectivity index (χ0n) is 11.4. The van der Waals surface area contributed by atoms with Gasteiger partial charge in [0.1, 0.15) is 5.82 Å². The van der Waals surface area contributed by atoms with E-state index in [0.717, 1.165) is 29.7 Å². The highest BCUT2D eigenvalue weighted by Gasteiger charge is 2.17. The van der Waals surface area contributed by atoms with E-state index < -0.39 is 0 Å². The monoisotopic (exact) mass is 269 g/mol. The van der Waals surface area contributed by atoms with Crippen molar-refractivity contribution in [2.75, 3.05) is 12.3 Å². The number of hydrogen-bond acceptors (Lipinski definition) is 3. The summed E-state index contributed by atoms with van der Waals surface area (Å²) in [5.74, 6) is 1.20. The van der Waals surface area contributed by atoms with Crippen LogP contribution in [0.1, 0.15) is 36.0 Å². The normalized spacial score (nSPS) is 15.0. The summed E-state index contributed by atoms with van der Waals surface area (Å²) in [5, 5.41) is 4.68. The first kappa shape index (κ1) is 12.9. The van der Waals surface area contributed by atoms with E-state index in [4.69, 9.17) is 5.73 Å². The number of nitrogens with two attached hydrogens (primary N) is 1. The number of nitrogen functional groups attached to an aromatic ring is 1. The van der Waals surface area contributed by atoms with Gasteiger partial charge in [-0.1, -0.05) is 43.5 Å². The summed E-state index contributed by atoms with van der Waals surface area (Å²) in [7, 11) is 0. The number of nitrogens with one attached hydrogen (secondary N) is 1. The van der Waals surface area contributed by atoms with E-state index in [-0.39, 0.29) is 5.91 Å². The molecule has 1 aliphatic carbocycles. The van der Waals surface area contributed by atoms with Crippen molar-refractivity contribution in [1.82, 2.24) is 10.3 Å². The number of anilines is 1. The van der Waals surface area contributed by atoms with Crippen LogP contribution in [-0.4, -0.2) is 17.4 Å². The molecule has 1 fully saturated rings. The molecule has 20 heavy (non-hydrogen) atoms. The second-order valence-electron chi connectivity index (χ2n) is 5.44. The molecular weight excluding hydrogens is 250 g/mol. The molecule has 4 nitrogen and oxygen atoms in total. The minimum absolute atomic E-state index is 0.0620. The highest BCUT2D eigenvalue weighted by atomic mass is 16.1. The summed E-state index contributed by atoms with van der Waals surface area (Å²) in [5.41, 5.74) is 6.45. The van der Waals surface area contributed by atoms with E-state index in [0.29, 0.717) is 11.4 Å². The number of amides is 1. The maximum atomic E-state index is 12.3. The van der Waals surface area contributed by atoms with Crippen molar-refractivity contribution in [2.45, 2.75) is 25.7 Å². The third-order valence-corrected chi connectivity index (χ3v) is 4.13. The summed E-state index contributed by atoms with van der Waals surface area (Å²) in [6.45, 7) is 0.738. The first-order chi connectivity index (χ1) is 9.75. The van der Waals surface area contributed by atoms with Crippen LogP contribution in [0.25, 0.3) is 10.8 Å². The fourth-order valence-electron chi connectivity index (χ4n) is 2.66. The summed E-state index contributed by atoms with van der Waals surface area (Å²) in [6, 6.07) is 7.61. The third kappa shape index (κ3) is 2.46. The number of benzene rings is 1. The lowest BCUT2D eigenvalue weighted by Crippen LogP contribution is -2.27. The summed E-state index contributed by atoms with van der Waals surface area (Å²) < 4.78 is 0. The van der Waals surface area contributed by atoms with E-state index in [1.165, 1.54) is 19.3 Å². The lowest BCUT2D eigenvalue weighted by molar-refractivity contribution is 0.0950. The predicted molar refractivity (Wildman–Crippen MR) is 80.4 cm³/mol. The maximum Gasteiger partial charge on any atom is 0.253 e. The summed E-state index contributed by atoms with van der Waals surface area (Å²) in [4.78, 5) is 16.4. The number of nitrogens with zero attached hydrogens (tertiary/aromatic N) is 1. The predicted octanol–water partition coefficient (Wildman–Crippen LogP) is 2.74. The van der Waals surface area contributed by atoms with Crippen LogP contribution in [0.2, 0.25) is 0 Å². The molecule has 3 N–H and O–H groups in total. The molecule has 0 aliphatic heterocycles. The Labute approximate surface area is 118 Å². The number of fused-ring (bicyclic) bond motifs is 1. The minimum Gasteiger partial charge on any atom is -0.383 e. The van der Waals surface area contributed by atoms with E-state index in [9.17, 15) is 4.79 Å². The SMILES string of the molecule is Nc1ncc(C(=O)NCCC2CCC2)c2ccccc12. The van der Waals surface area contributed by atoms with Crippen molar-refractivity contribution in [3.05, 3.63) is 36.0 Å². The van der Waals surface area contributed by atoms with Crippen LogP contribution < -0.4 is 11.1 Å². The Hall–Kier alpha value is -2.10. The summed E-state index contributed by atoms with van der Waals surface area (Å²) >= 11 is 0. The standard InChI is InChI=1S/C16H19N3O/c17-15-13-7-2-1-6-12(13)14(10-19-15)16(20)18-9-8-11-4-3-5-11/h1-2,6-7,10-11H,3-5,8-9H2,(H2,17,19)(H,18,20). The van der Waals surface area contributed by atoms with Crippen LogP contribution in [-0.2, 0) is 0 Å². The van der Waals surface area contributed by atoms with Gasteiger partial charge in [0.2, 0.25) is 0 Å². The van der Waals surface area contributed by atoms with Crippen molar-refractivity contribution in [3.8, 4) is 0 Å². The number of carbonyl (C=O) groups is 1. The van der Waals surface area contributed by atoms with Gasteiger partial charge in [-0.2, -0.15) is 0 Å². The number of carbonyl (C=O) groups excluding carboxylic acids is 1. The largest absolute Gasteiger partial charge is 0.383 e. The molecule has 3 rings (SSSR count). The quantitative estimate of drug-likeness (QED) is 0.896. The molecule has 1 aromatic heterocycles. The maximum absolute atomic E-state index is 12.3. The second-order valence-corrected chi connectivity index (χ2v) is 5.44. The van der Waals surface area contributed by atoms with Crippen LogP contribution in [0, 0.1) is 5.92 Å². The fraction of sp³-hybridized carbons (Fsp3) is 0.375. The Morgan fingerprint density at radius 2 is 2.05 bits per heavy atom. The molecule has 104 valence electrons. The summed E-state index contributed by atoms with van der Waals surface area (Å²) in [6.07, 6.45) is 6.60. The van der Waals surface area contributed by atoms with Crippen molar-refractivity contribution >= 4 is 22.5 Å². The molecule has 1 amide bonds. The minimum atomic E-state index is -0.0620. The number of pyridine rings is 1. The molecule has 0 unspecified atom stereocenters. The van der Waals surface area contributed by atoms with Crippen molar-refractivity contribution in [3.63, 3.8) is 0 Å². The topological polar surface area (TPSA) is 68.0 Å². The average molecular weight is 269 g/mol. The molecule has 0 atom stereocenters. The third-order valence-electron chi connectivity index (χ3n) is 4.13. The lowest BCUT2D eigenvalue weighted by atomic mass is 9.83. The van der Waals surface area contributed by atoms with Crippen molar-refractivity contribution in [2.24, 2.45) is 5.92 Å². The Morgan fingerprint density at radius 1 is 1.30 bits per heavy atom. The van der Waals surface area contributed by atoms with Crippen LogP contribution in [0.15, 0.2) is 30.5 Å². The van der Waals surface area contributed by atoms with Crippen LogP contribution >= 0.6 is 0 Å². The van der Waals surface area contributed by atoms with Crippen molar-refractivity contribution in [1.29, 1.82) is 0 Å². The molecule has 1 heterocycles. The van der Waals surface area contributed by atoms with Gasteiger partial charge < -0.3 is 11.1 Å². The number of aromatic nitrogens is 1. The van der Waals surface area contributed by atoms with E-state index in [1.807, 2.05) is 24.3 Å². The van der Waals surface area contributed by atoms with E-state index >= 15 is 0 Å². The smallest absolute Gasteiger partial charge is 0.253 e. The van der Waals surface area contributed by atoms with Crippen LogP contribution in [0.4, 0.5) is 5.82 Å². The number of rotatable bonds is 4. The Balaban J connectivity index is 1.75. The molecule has 2 aromatic rings. The lowest BCUT2D eigenvalue weighted by Gasteiger charge is -2.25. The molecule has 0 saturated heterocycles. The molecule has 1 aliphatic rings. The van der Waals surface area contributed by atoms with Crippen LogP contribution in [0.3, 0.4) is 0 Å². The van der Waals surface area contributed by atoms with Gasteiger partial charge in [-0.25, -0.2) is 4.98 Å². The fourth-order valence-corrected chi connectivity index (χ4v) is 2.66. The van der Waals surface area contributed by atoms with Gasteiger partial charge in [0.25, 0.3) is 5.91 Å². The first-order valence-electron chi connectivity index (χ1n) is 7.17. The van der Waals surface area contributed by atoms with Gasteiger partial charge in [-0.15, -0.1) is 0 Å². The molecular formula is C16H19N3O. The molecule has 4 heteroatoms. The Bertz CT molecular complexity index is 635. The number of hydrogen-bond donors (Lipinski definition) is 2. The molecule has 1 aromatic carbocycles. The Kier molecular flexibility index (Phi) is 3.54. The van der Waals surface area contributed by atoms with Gasteiger partial charge in [0.05, 0.1) is 5.56 Å². The van der Waals surface area contributed by atoms with E-state index in [2.05, 4.69) is 10.3 Å². The first-order valence-corrected chi connectivity index (χ1v) is 7.17. The average Bonchev–Trinajstić information content (AvgIpc) is 2.42.